The molecule has 158 valence electrons. The van der Waals surface area contributed by atoms with Gasteiger partial charge in [-0.05, 0) is 55.2 Å². The standard InChI is InChI=1S/C24H34N2O3/c1-4-13-25(14-5-2)23(27)17-26-22-16-20(29-3)12-11-19(22)15-21(24(26)28)18-9-7-6-8-10-18/h11-12,15-16,18H,4-10,13-14,17H2,1-3H3. The normalized spacial score (nSPS) is 14.9. The van der Waals surface area contributed by atoms with Crippen molar-refractivity contribution in [2.24, 2.45) is 0 Å². The highest BCUT2D eigenvalue weighted by Gasteiger charge is 2.22. The molecule has 1 aliphatic rings. The molecule has 2 aromatic rings. The first-order chi connectivity index (χ1) is 14.1. The fourth-order valence-corrected chi connectivity index (χ4v) is 4.50. The van der Waals surface area contributed by atoms with Gasteiger partial charge in [0.05, 0.1) is 12.6 Å². The van der Waals surface area contributed by atoms with E-state index in [0.29, 0.717) is 11.7 Å². The van der Waals surface area contributed by atoms with Gasteiger partial charge < -0.3 is 9.64 Å². The Hall–Kier alpha value is -2.30. The molecule has 0 N–H and O–H groups in total. The molecule has 1 heterocycles. The molecule has 5 heteroatoms. The van der Waals surface area contributed by atoms with E-state index in [0.717, 1.165) is 55.2 Å². The minimum Gasteiger partial charge on any atom is -0.497 e. The zero-order valence-electron chi connectivity index (χ0n) is 18.1. The lowest BCUT2D eigenvalue weighted by Gasteiger charge is -2.25. The van der Waals surface area contributed by atoms with E-state index in [4.69, 9.17) is 4.74 Å². The number of aromatic nitrogens is 1. The van der Waals surface area contributed by atoms with Crippen LogP contribution in [0.15, 0.2) is 29.1 Å². The third-order valence-electron chi connectivity index (χ3n) is 6.01. The number of ether oxygens (including phenoxy) is 1. The van der Waals surface area contributed by atoms with Crippen molar-refractivity contribution in [3.05, 3.63) is 40.2 Å². The Balaban J connectivity index is 2.07. The number of hydrogen-bond acceptors (Lipinski definition) is 3. The van der Waals surface area contributed by atoms with E-state index in [2.05, 4.69) is 13.8 Å². The number of carbonyl (C=O) groups excluding carboxylic acids is 1. The molecule has 29 heavy (non-hydrogen) atoms. The average molecular weight is 399 g/mol. The molecule has 5 nitrogen and oxygen atoms in total. The Kier molecular flexibility index (Phi) is 7.34. The van der Waals surface area contributed by atoms with Gasteiger partial charge in [-0.3, -0.25) is 14.2 Å². The first kappa shape index (κ1) is 21.4. The molecule has 0 unspecified atom stereocenters. The van der Waals surface area contributed by atoms with Crippen LogP contribution in [0.4, 0.5) is 0 Å². The summed E-state index contributed by atoms with van der Waals surface area (Å²) < 4.78 is 7.07. The van der Waals surface area contributed by atoms with Gasteiger partial charge in [0.15, 0.2) is 0 Å². The zero-order chi connectivity index (χ0) is 20.8. The van der Waals surface area contributed by atoms with Crippen molar-refractivity contribution in [1.82, 2.24) is 9.47 Å². The van der Waals surface area contributed by atoms with Crippen molar-refractivity contribution in [3.8, 4) is 5.75 Å². The van der Waals surface area contributed by atoms with Crippen molar-refractivity contribution in [2.45, 2.75) is 71.3 Å². The van der Waals surface area contributed by atoms with Gasteiger partial charge in [0.25, 0.3) is 5.56 Å². The molecular weight excluding hydrogens is 364 g/mol. The number of carbonyl (C=O) groups is 1. The van der Waals surface area contributed by atoms with E-state index in [1.165, 1.54) is 19.3 Å². The lowest BCUT2D eigenvalue weighted by molar-refractivity contribution is -0.131. The monoisotopic (exact) mass is 398 g/mol. The highest BCUT2D eigenvalue weighted by molar-refractivity contribution is 5.84. The highest BCUT2D eigenvalue weighted by atomic mass is 16.5. The van der Waals surface area contributed by atoms with Crippen LogP contribution in [0.5, 0.6) is 5.75 Å². The predicted molar refractivity (Wildman–Crippen MR) is 118 cm³/mol. The minimum atomic E-state index is -0.0149. The van der Waals surface area contributed by atoms with Crippen LogP contribution in [0.2, 0.25) is 0 Å². The molecule has 0 spiro atoms. The lowest BCUT2D eigenvalue weighted by atomic mass is 9.84. The van der Waals surface area contributed by atoms with E-state index in [9.17, 15) is 9.59 Å². The molecule has 3 rings (SSSR count). The molecule has 0 aliphatic heterocycles. The lowest BCUT2D eigenvalue weighted by Crippen LogP contribution is -2.38. The van der Waals surface area contributed by atoms with E-state index >= 15 is 0 Å². The van der Waals surface area contributed by atoms with Crippen molar-refractivity contribution in [1.29, 1.82) is 0 Å². The van der Waals surface area contributed by atoms with Gasteiger partial charge in [-0.1, -0.05) is 33.1 Å². The fraction of sp³-hybridized carbons (Fsp3) is 0.583. The third kappa shape index (κ3) is 4.82. The van der Waals surface area contributed by atoms with Gasteiger partial charge >= 0.3 is 0 Å². The van der Waals surface area contributed by atoms with Crippen molar-refractivity contribution in [2.75, 3.05) is 20.2 Å². The maximum Gasteiger partial charge on any atom is 0.255 e. The Morgan fingerprint density at radius 1 is 1.10 bits per heavy atom. The number of nitrogens with zero attached hydrogens (tertiary/aromatic N) is 2. The Morgan fingerprint density at radius 3 is 2.41 bits per heavy atom. The van der Waals surface area contributed by atoms with Crippen molar-refractivity contribution in [3.63, 3.8) is 0 Å². The number of hydrogen-bond donors (Lipinski definition) is 0. The number of rotatable bonds is 8. The molecule has 1 fully saturated rings. The summed E-state index contributed by atoms with van der Waals surface area (Å²) in [5.74, 6) is 1.01. The van der Waals surface area contributed by atoms with Gasteiger partial charge in [-0.15, -0.1) is 0 Å². The van der Waals surface area contributed by atoms with Gasteiger partial charge in [0.2, 0.25) is 5.91 Å². The second-order valence-electron chi connectivity index (χ2n) is 8.13. The van der Waals surface area contributed by atoms with Crippen LogP contribution in [0.3, 0.4) is 0 Å². The summed E-state index contributed by atoms with van der Waals surface area (Å²) in [5.41, 5.74) is 1.63. The SMILES string of the molecule is CCCN(CCC)C(=O)Cn1c(=O)c(C2CCCCC2)cc2ccc(OC)cc21. The number of amides is 1. The van der Waals surface area contributed by atoms with Crippen molar-refractivity contribution < 1.29 is 9.53 Å². The second-order valence-corrected chi connectivity index (χ2v) is 8.13. The van der Waals surface area contributed by atoms with Crippen LogP contribution in [-0.2, 0) is 11.3 Å². The number of benzene rings is 1. The molecular formula is C24H34N2O3. The van der Waals surface area contributed by atoms with Gasteiger partial charge in [0.1, 0.15) is 12.3 Å². The van der Waals surface area contributed by atoms with E-state index < -0.39 is 0 Å². The summed E-state index contributed by atoms with van der Waals surface area (Å²) in [7, 11) is 1.62. The van der Waals surface area contributed by atoms with Crippen LogP contribution in [-0.4, -0.2) is 35.6 Å². The maximum atomic E-state index is 13.5. The highest BCUT2D eigenvalue weighted by Crippen LogP contribution is 2.32. The number of methoxy groups -OCH3 is 1. The van der Waals surface area contributed by atoms with Crippen LogP contribution < -0.4 is 10.3 Å². The fourth-order valence-electron chi connectivity index (χ4n) is 4.50. The van der Waals surface area contributed by atoms with Gasteiger partial charge in [-0.2, -0.15) is 0 Å². The van der Waals surface area contributed by atoms with E-state index in [1.807, 2.05) is 29.2 Å². The molecule has 1 aromatic carbocycles. The third-order valence-corrected chi connectivity index (χ3v) is 6.01. The number of pyridine rings is 1. The molecule has 0 radical (unpaired) electrons. The van der Waals surface area contributed by atoms with E-state index in [-0.39, 0.29) is 18.0 Å². The van der Waals surface area contributed by atoms with Gasteiger partial charge in [-0.25, -0.2) is 0 Å². The largest absolute Gasteiger partial charge is 0.497 e. The average Bonchev–Trinajstić information content (AvgIpc) is 2.75. The van der Waals surface area contributed by atoms with Crippen molar-refractivity contribution >= 4 is 16.8 Å². The summed E-state index contributed by atoms with van der Waals surface area (Å²) in [6.45, 7) is 5.69. The first-order valence-electron chi connectivity index (χ1n) is 11.1. The molecule has 1 saturated carbocycles. The summed E-state index contributed by atoms with van der Waals surface area (Å²) in [4.78, 5) is 28.5. The minimum absolute atomic E-state index is 0.0146. The molecule has 1 aromatic heterocycles. The molecule has 0 bridgehead atoms. The quantitative estimate of drug-likeness (QED) is 0.647. The smallest absolute Gasteiger partial charge is 0.255 e. The first-order valence-corrected chi connectivity index (χ1v) is 11.1. The topological polar surface area (TPSA) is 51.5 Å². The maximum absolute atomic E-state index is 13.5. The summed E-state index contributed by atoms with van der Waals surface area (Å²) in [5, 5.41) is 0.997. The van der Waals surface area contributed by atoms with Crippen LogP contribution >= 0.6 is 0 Å². The zero-order valence-corrected chi connectivity index (χ0v) is 18.1. The Morgan fingerprint density at radius 2 is 1.79 bits per heavy atom. The Bertz CT molecular complexity index is 891. The predicted octanol–water partition coefficient (Wildman–Crippen LogP) is 4.71. The second kappa shape index (κ2) is 9.95. The van der Waals surface area contributed by atoms with Crippen LogP contribution in [0, 0.1) is 0 Å². The number of fused-ring (bicyclic) bond motifs is 1. The molecule has 1 aliphatic carbocycles. The Labute approximate surface area is 173 Å². The summed E-state index contributed by atoms with van der Waals surface area (Å²) in [6.07, 6.45) is 7.53. The summed E-state index contributed by atoms with van der Waals surface area (Å²) in [6, 6.07) is 7.84. The van der Waals surface area contributed by atoms with Crippen LogP contribution in [0.1, 0.15) is 70.3 Å². The summed E-state index contributed by atoms with van der Waals surface area (Å²) >= 11 is 0. The van der Waals surface area contributed by atoms with Gasteiger partial charge in [0, 0.05) is 24.7 Å². The molecule has 0 atom stereocenters. The van der Waals surface area contributed by atoms with E-state index in [1.54, 1.807) is 11.7 Å². The molecule has 0 saturated heterocycles. The molecule has 1 amide bonds. The van der Waals surface area contributed by atoms with Crippen LogP contribution in [0.25, 0.3) is 10.9 Å².